The second-order valence-corrected chi connectivity index (χ2v) is 7.87. The summed E-state index contributed by atoms with van der Waals surface area (Å²) in [6.07, 6.45) is 2.01. The second-order valence-electron chi connectivity index (χ2n) is 5.73. The molecule has 1 heterocycles. The summed E-state index contributed by atoms with van der Waals surface area (Å²) >= 11 is 11.1. The number of anilines is 1. The van der Waals surface area contributed by atoms with Gasteiger partial charge >= 0.3 is 0 Å². The van der Waals surface area contributed by atoms with Gasteiger partial charge in [-0.25, -0.2) is 0 Å². The molecule has 1 aliphatic rings. The average Bonchev–Trinajstić information content (AvgIpc) is 2.63. The molecule has 1 atom stereocenters. The van der Waals surface area contributed by atoms with Crippen molar-refractivity contribution in [1.82, 2.24) is 5.32 Å². The van der Waals surface area contributed by atoms with E-state index >= 15 is 0 Å². The zero-order chi connectivity index (χ0) is 18.7. The summed E-state index contributed by atoms with van der Waals surface area (Å²) in [5.74, 6) is -0.767. The van der Waals surface area contributed by atoms with Crippen molar-refractivity contribution in [2.24, 2.45) is 0 Å². The predicted octanol–water partition coefficient (Wildman–Crippen LogP) is 4.92. The molecule has 134 valence electrons. The summed E-state index contributed by atoms with van der Waals surface area (Å²) < 4.78 is 0.929. The summed E-state index contributed by atoms with van der Waals surface area (Å²) in [4.78, 5) is 25.2. The standard InChI is InChI=1S/C19H16BrClN2O2S/c1-26-19-17(18(25)22-12-8-6-11(20)7-9-12)14(10-16(24)23-19)13-4-2-3-5-15(13)21/h2-9,14H,10H2,1H3,(H,22,25)(H,23,24)/t14-/m0/s1. The number of nitrogens with one attached hydrogen (secondary N) is 2. The van der Waals surface area contributed by atoms with E-state index in [0.29, 0.717) is 21.3 Å². The number of benzene rings is 2. The Morgan fingerprint density at radius 2 is 1.92 bits per heavy atom. The van der Waals surface area contributed by atoms with Gasteiger partial charge in [0, 0.05) is 27.5 Å². The van der Waals surface area contributed by atoms with E-state index in [1.54, 1.807) is 6.07 Å². The SMILES string of the molecule is CSC1=C(C(=O)Nc2ccc(Br)cc2)[C@H](c2ccccc2Cl)CC(=O)N1. The van der Waals surface area contributed by atoms with Crippen molar-refractivity contribution in [1.29, 1.82) is 0 Å². The molecule has 0 fully saturated rings. The summed E-state index contributed by atoms with van der Waals surface area (Å²) in [6.45, 7) is 0. The number of rotatable bonds is 4. The molecule has 0 unspecified atom stereocenters. The third-order valence-electron chi connectivity index (χ3n) is 4.07. The quantitative estimate of drug-likeness (QED) is 0.694. The van der Waals surface area contributed by atoms with Gasteiger partial charge in [0.2, 0.25) is 5.91 Å². The van der Waals surface area contributed by atoms with E-state index in [0.717, 1.165) is 10.0 Å². The lowest BCUT2D eigenvalue weighted by Crippen LogP contribution is -2.35. The van der Waals surface area contributed by atoms with E-state index in [1.165, 1.54) is 11.8 Å². The van der Waals surface area contributed by atoms with Crippen LogP contribution in [0.25, 0.3) is 0 Å². The van der Waals surface area contributed by atoms with Crippen molar-refractivity contribution in [3.05, 3.63) is 74.2 Å². The molecule has 0 radical (unpaired) electrons. The fourth-order valence-electron chi connectivity index (χ4n) is 2.87. The van der Waals surface area contributed by atoms with Gasteiger partial charge in [0.05, 0.1) is 10.6 Å². The third kappa shape index (κ3) is 4.14. The minimum Gasteiger partial charge on any atom is -0.322 e. The van der Waals surface area contributed by atoms with Crippen LogP contribution in [0.4, 0.5) is 5.69 Å². The Kier molecular flexibility index (Phi) is 6.06. The highest BCUT2D eigenvalue weighted by Gasteiger charge is 2.34. The van der Waals surface area contributed by atoms with Crippen LogP contribution in [-0.4, -0.2) is 18.1 Å². The van der Waals surface area contributed by atoms with Gasteiger partial charge in [0.15, 0.2) is 0 Å². The molecular weight excluding hydrogens is 436 g/mol. The van der Waals surface area contributed by atoms with Crippen LogP contribution in [0.2, 0.25) is 5.02 Å². The molecule has 2 aromatic carbocycles. The zero-order valence-corrected chi connectivity index (χ0v) is 17.0. The topological polar surface area (TPSA) is 58.2 Å². The Hall–Kier alpha value is -1.76. The Morgan fingerprint density at radius 1 is 1.23 bits per heavy atom. The maximum atomic E-state index is 13.0. The minimum absolute atomic E-state index is 0.125. The number of carbonyl (C=O) groups is 2. The van der Waals surface area contributed by atoms with Crippen molar-refractivity contribution < 1.29 is 9.59 Å². The molecular formula is C19H16BrClN2O2S. The third-order valence-corrected chi connectivity index (χ3v) is 5.67. The van der Waals surface area contributed by atoms with Crippen LogP contribution in [0.3, 0.4) is 0 Å². The van der Waals surface area contributed by atoms with Gasteiger partial charge in [-0.2, -0.15) is 0 Å². The number of hydrogen-bond acceptors (Lipinski definition) is 3. The van der Waals surface area contributed by atoms with Gasteiger partial charge in [-0.1, -0.05) is 45.7 Å². The summed E-state index contributed by atoms with van der Waals surface area (Å²) in [6, 6.07) is 14.6. The summed E-state index contributed by atoms with van der Waals surface area (Å²) in [7, 11) is 0. The highest BCUT2D eigenvalue weighted by atomic mass is 79.9. The fourth-order valence-corrected chi connectivity index (χ4v) is 4.07. The molecule has 3 rings (SSSR count). The van der Waals surface area contributed by atoms with Crippen LogP contribution >= 0.6 is 39.3 Å². The summed E-state index contributed by atoms with van der Waals surface area (Å²) in [5.41, 5.74) is 1.98. The van der Waals surface area contributed by atoms with Gasteiger partial charge in [0.1, 0.15) is 0 Å². The molecule has 0 bridgehead atoms. The first-order valence-electron chi connectivity index (χ1n) is 7.89. The maximum Gasteiger partial charge on any atom is 0.254 e. The monoisotopic (exact) mass is 450 g/mol. The van der Waals surface area contributed by atoms with E-state index < -0.39 is 5.92 Å². The van der Waals surface area contributed by atoms with E-state index in [2.05, 4.69) is 26.6 Å². The van der Waals surface area contributed by atoms with Gasteiger partial charge in [-0.15, -0.1) is 11.8 Å². The van der Waals surface area contributed by atoms with Crippen LogP contribution in [-0.2, 0) is 9.59 Å². The van der Waals surface area contributed by atoms with Crippen LogP contribution in [0.15, 0.2) is 63.6 Å². The lowest BCUT2D eigenvalue weighted by atomic mass is 9.86. The summed E-state index contributed by atoms with van der Waals surface area (Å²) in [5, 5.41) is 6.81. The molecule has 0 spiro atoms. The largest absolute Gasteiger partial charge is 0.322 e. The van der Waals surface area contributed by atoms with Gasteiger partial charge < -0.3 is 10.6 Å². The van der Waals surface area contributed by atoms with Crippen LogP contribution < -0.4 is 10.6 Å². The van der Waals surface area contributed by atoms with Crippen molar-refractivity contribution in [2.75, 3.05) is 11.6 Å². The minimum atomic E-state index is -0.393. The second kappa shape index (κ2) is 8.29. The molecule has 0 aliphatic carbocycles. The number of carbonyl (C=O) groups excluding carboxylic acids is 2. The molecule has 2 aromatic rings. The smallest absolute Gasteiger partial charge is 0.254 e. The highest BCUT2D eigenvalue weighted by molar-refractivity contribution is 9.10. The Morgan fingerprint density at radius 3 is 2.58 bits per heavy atom. The molecule has 2 N–H and O–H groups in total. The highest BCUT2D eigenvalue weighted by Crippen LogP contribution is 2.39. The first-order chi connectivity index (χ1) is 12.5. The number of hydrogen-bond donors (Lipinski definition) is 2. The lowest BCUT2D eigenvalue weighted by Gasteiger charge is -2.28. The Labute approximate surface area is 169 Å². The number of halogens is 2. The number of amides is 2. The van der Waals surface area contributed by atoms with E-state index in [4.69, 9.17) is 11.6 Å². The molecule has 1 aliphatic heterocycles. The molecule has 7 heteroatoms. The molecule has 4 nitrogen and oxygen atoms in total. The van der Waals surface area contributed by atoms with E-state index in [9.17, 15) is 9.59 Å². The van der Waals surface area contributed by atoms with E-state index in [-0.39, 0.29) is 18.2 Å². The number of thioether (sulfide) groups is 1. The zero-order valence-electron chi connectivity index (χ0n) is 13.9. The van der Waals surface area contributed by atoms with E-state index in [1.807, 2.05) is 48.7 Å². The van der Waals surface area contributed by atoms with Crippen molar-refractivity contribution >= 4 is 56.8 Å². The Bertz CT molecular complexity index is 883. The average molecular weight is 452 g/mol. The fraction of sp³-hybridized carbons (Fsp3) is 0.158. The van der Waals surface area contributed by atoms with Crippen LogP contribution in [0.1, 0.15) is 17.9 Å². The lowest BCUT2D eigenvalue weighted by molar-refractivity contribution is -0.121. The molecule has 0 saturated carbocycles. The Balaban J connectivity index is 2.00. The first kappa shape index (κ1) is 19.0. The van der Waals surface area contributed by atoms with Crippen molar-refractivity contribution in [2.45, 2.75) is 12.3 Å². The van der Waals surface area contributed by atoms with Crippen LogP contribution in [0, 0.1) is 0 Å². The van der Waals surface area contributed by atoms with Gasteiger partial charge in [0.25, 0.3) is 5.91 Å². The van der Waals surface area contributed by atoms with Gasteiger partial charge in [-0.05, 0) is 42.2 Å². The first-order valence-corrected chi connectivity index (χ1v) is 10.3. The normalized spacial score (nSPS) is 17.0. The van der Waals surface area contributed by atoms with Crippen molar-refractivity contribution in [3.63, 3.8) is 0 Å². The molecule has 2 amide bonds. The molecule has 26 heavy (non-hydrogen) atoms. The van der Waals surface area contributed by atoms with Gasteiger partial charge in [-0.3, -0.25) is 9.59 Å². The maximum absolute atomic E-state index is 13.0. The molecule has 0 saturated heterocycles. The van der Waals surface area contributed by atoms with Crippen molar-refractivity contribution in [3.8, 4) is 0 Å². The predicted molar refractivity (Wildman–Crippen MR) is 110 cm³/mol. The van der Waals surface area contributed by atoms with Crippen LogP contribution in [0.5, 0.6) is 0 Å². The molecule has 0 aromatic heterocycles.